The molecule has 2 rings (SSSR count). The van der Waals surface area contributed by atoms with Gasteiger partial charge >= 0.3 is 0 Å². The van der Waals surface area contributed by atoms with Gasteiger partial charge in [0.1, 0.15) is 0 Å². The molecular formula is C15H20N2O3S. The Bertz CT molecular complexity index is 742. The fourth-order valence-corrected chi connectivity index (χ4v) is 3.67. The lowest BCUT2D eigenvalue weighted by Crippen LogP contribution is -2.29. The molecule has 5 nitrogen and oxygen atoms in total. The van der Waals surface area contributed by atoms with Crippen LogP contribution in [0.2, 0.25) is 0 Å². The van der Waals surface area contributed by atoms with Gasteiger partial charge in [-0.1, -0.05) is 24.3 Å². The van der Waals surface area contributed by atoms with Crippen LogP contribution in [0.4, 0.5) is 5.69 Å². The predicted octanol–water partition coefficient (Wildman–Crippen LogP) is 1.52. The van der Waals surface area contributed by atoms with Crippen molar-refractivity contribution in [2.24, 2.45) is 0 Å². The number of nitrogens with zero attached hydrogens (tertiary/aromatic N) is 2. The van der Waals surface area contributed by atoms with E-state index in [0.29, 0.717) is 5.39 Å². The van der Waals surface area contributed by atoms with E-state index >= 15 is 0 Å². The molecule has 0 spiro atoms. The van der Waals surface area contributed by atoms with Gasteiger partial charge in [0, 0.05) is 44.1 Å². The Labute approximate surface area is 125 Å². The summed E-state index contributed by atoms with van der Waals surface area (Å²) in [7, 11) is 1.71. The number of hydrogen-bond donors (Lipinski definition) is 1. The molecule has 0 bridgehead atoms. The van der Waals surface area contributed by atoms with Crippen LogP contribution < -0.4 is 4.90 Å². The topological polar surface area (TPSA) is 60.9 Å². The van der Waals surface area contributed by atoms with Crippen LogP contribution in [0.1, 0.15) is 0 Å². The largest absolute Gasteiger partial charge is 0.395 e. The van der Waals surface area contributed by atoms with Crippen molar-refractivity contribution in [3.8, 4) is 0 Å². The molecule has 0 unspecified atom stereocenters. The Morgan fingerprint density at radius 1 is 1.00 bits per heavy atom. The average Bonchev–Trinajstić information content (AvgIpc) is 2.45. The number of hydrogen-bond acceptors (Lipinski definition) is 4. The van der Waals surface area contributed by atoms with Crippen molar-refractivity contribution in [3.63, 3.8) is 0 Å². The van der Waals surface area contributed by atoms with E-state index in [0.717, 1.165) is 11.1 Å². The van der Waals surface area contributed by atoms with Gasteiger partial charge in [-0.25, -0.2) is 8.42 Å². The number of fused-ring (bicyclic) bond motifs is 1. The number of anilines is 1. The molecule has 0 aromatic heterocycles. The van der Waals surface area contributed by atoms with Gasteiger partial charge in [-0.05, 0) is 12.1 Å². The lowest BCUT2D eigenvalue weighted by molar-refractivity contribution is 0.266. The van der Waals surface area contributed by atoms with Gasteiger partial charge in [-0.3, -0.25) is 0 Å². The van der Waals surface area contributed by atoms with Crippen molar-refractivity contribution in [3.05, 3.63) is 36.4 Å². The van der Waals surface area contributed by atoms with Crippen molar-refractivity contribution >= 4 is 26.5 Å². The van der Waals surface area contributed by atoms with Gasteiger partial charge in [0.15, 0.2) is 0 Å². The van der Waals surface area contributed by atoms with E-state index in [9.17, 15) is 8.42 Å². The molecule has 21 heavy (non-hydrogen) atoms. The summed E-state index contributed by atoms with van der Waals surface area (Å²) in [5.74, 6) is 0. The fourth-order valence-electron chi connectivity index (χ4n) is 2.31. The first-order valence-electron chi connectivity index (χ1n) is 6.66. The molecule has 0 radical (unpaired) electrons. The third-order valence-corrected chi connectivity index (χ3v) is 5.36. The summed E-state index contributed by atoms with van der Waals surface area (Å²) in [6.07, 6.45) is 0. The van der Waals surface area contributed by atoms with E-state index in [1.165, 1.54) is 11.4 Å². The second kappa shape index (κ2) is 6.01. The summed E-state index contributed by atoms with van der Waals surface area (Å²) in [5.41, 5.74) is 0.967. The molecular weight excluding hydrogens is 288 g/mol. The Morgan fingerprint density at radius 3 is 2.24 bits per heavy atom. The molecule has 114 valence electrons. The van der Waals surface area contributed by atoms with Crippen LogP contribution in [-0.4, -0.2) is 52.1 Å². The summed E-state index contributed by atoms with van der Waals surface area (Å²) in [6.45, 7) is -0.129. The lowest BCUT2D eigenvalue weighted by atomic mass is 10.1. The van der Waals surface area contributed by atoms with E-state index in [1.54, 1.807) is 12.1 Å². The summed E-state index contributed by atoms with van der Waals surface area (Å²) >= 11 is 0. The van der Waals surface area contributed by atoms with Gasteiger partial charge < -0.3 is 10.0 Å². The molecule has 1 N–H and O–H groups in total. The van der Waals surface area contributed by atoms with Crippen LogP contribution in [0, 0.1) is 0 Å². The molecule has 0 amide bonds. The van der Waals surface area contributed by atoms with Crippen molar-refractivity contribution in [2.45, 2.75) is 4.90 Å². The van der Waals surface area contributed by atoms with Gasteiger partial charge in [0.05, 0.1) is 11.5 Å². The van der Waals surface area contributed by atoms with Crippen molar-refractivity contribution in [1.82, 2.24) is 4.31 Å². The van der Waals surface area contributed by atoms with Gasteiger partial charge in [0.25, 0.3) is 0 Å². The first-order valence-corrected chi connectivity index (χ1v) is 8.10. The van der Waals surface area contributed by atoms with E-state index in [2.05, 4.69) is 0 Å². The van der Waals surface area contributed by atoms with Crippen LogP contribution in [0.25, 0.3) is 10.8 Å². The minimum absolute atomic E-state index is 0.0755. The fraction of sp³-hybridized carbons (Fsp3) is 0.333. The van der Waals surface area contributed by atoms with Crippen LogP contribution in [0.15, 0.2) is 41.3 Å². The zero-order valence-corrected chi connectivity index (χ0v) is 13.3. The third kappa shape index (κ3) is 2.88. The third-order valence-electron chi connectivity index (χ3n) is 3.44. The van der Waals surface area contributed by atoms with E-state index in [-0.39, 0.29) is 18.0 Å². The van der Waals surface area contributed by atoms with Crippen molar-refractivity contribution in [1.29, 1.82) is 0 Å². The molecule has 0 atom stereocenters. The summed E-state index contributed by atoms with van der Waals surface area (Å²) in [5, 5.41) is 10.5. The molecule has 2 aromatic rings. The number of rotatable bonds is 5. The van der Waals surface area contributed by atoms with Gasteiger partial charge in [-0.15, -0.1) is 0 Å². The summed E-state index contributed by atoms with van der Waals surface area (Å²) < 4.78 is 26.4. The molecule has 0 aliphatic heterocycles. The number of likely N-dealkylation sites (N-methyl/N-ethyl adjacent to an activating group) is 1. The molecule has 6 heteroatoms. The maximum Gasteiger partial charge on any atom is 0.243 e. The zero-order valence-electron chi connectivity index (χ0n) is 12.4. The highest BCUT2D eigenvalue weighted by atomic mass is 32.2. The van der Waals surface area contributed by atoms with Crippen LogP contribution in [0.5, 0.6) is 0 Å². The first-order chi connectivity index (χ1) is 9.89. The Balaban J connectivity index is 2.69. The Kier molecular flexibility index (Phi) is 4.51. The smallest absolute Gasteiger partial charge is 0.243 e. The summed E-state index contributed by atoms with van der Waals surface area (Å²) in [6, 6.07) is 10.9. The SMILES string of the molecule is CN(C)c1cccc2c(S(=O)(=O)N(C)CCO)cccc12. The Hall–Kier alpha value is -1.63. The standard InChI is InChI=1S/C15H20N2O3S/c1-16(2)14-8-4-7-13-12(14)6-5-9-15(13)21(19,20)17(3)10-11-18/h4-9,18H,10-11H2,1-3H3. The van der Waals surface area contributed by atoms with Crippen LogP contribution in [0.3, 0.4) is 0 Å². The normalized spacial score (nSPS) is 12.0. The minimum atomic E-state index is -3.62. The zero-order chi connectivity index (χ0) is 15.6. The highest BCUT2D eigenvalue weighted by molar-refractivity contribution is 7.89. The number of aliphatic hydroxyl groups excluding tert-OH is 1. The molecule has 0 saturated carbocycles. The second-order valence-corrected chi connectivity index (χ2v) is 7.09. The molecule has 0 fully saturated rings. The van der Waals surface area contributed by atoms with E-state index in [4.69, 9.17) is 5.11 Å². The maximum absolute atomic E-state index is 12.6. The van der Waals surface area contributed by atoms with Crippen molar-refractivity contribution in [2.75, 3.05) is 39.2 Å². The highest BCUT2D eigenvalue weighted by Gasteiger charge is 2.23. The Morgan fingerprint density at radius 2 is 1.62 bits per heavy atom. The number of aliphatic hydroxyl groups is 1. The highest BCUT2D eigenvalue weighted by Crippen LogP contribution is 2.31. The second-order valence-electron chi connectivity index (χ2n) is 5.07. The van der Waals surface area contributed by atoms with Gasteiger partial charge in [-0.2, -0.15) is 4.31 Å². The monoisotopic (exact) mass is 308 g/mol. The average molecular weight is 308 g/mol. The lowest BCUT2D eigenvalue weighted by Gasteiger charge is -2.20. The summed E-state index contributed by atoms with van der Waals surface area (Å²) in [4.78, 5) is 2.22. The molecule has 0 aliphatic rings. The maximum atomic E-state index is 12.6. The van der Waals surface area contributed by atoms with E-state index in [1.807, 2.05) is 43.3 Å². The first kappa shape index (κ1) is 15.8. The van der Waals surface area contributed by atoms with Crippen LogP contribution >= 0.6 is 0 Å². The quantitative estimate of drug-likeness (QED) is 0.910. The van der Waals surface area contributed by atoms with Crippen LogP contribution in [-0.2, 0) is 10.0 Å². The number of sulfonamides is 1. The van der Waals surface area contributed by atoms with Gasteiger partial charge in [0.2, 0.25) is 10.0 Å². The minimum Gasteiger partial charge on any atom is -0.395 e. The predicted molar refractivity (Wildman–Crippen MR) is 85.2 cm³/mol. The molecule has 0 saturated heterocycles. The molecule has 0 heterocycles. The van der Waals surface area contributed by atoms with Crippen molar-refractivity contribution < 1.29 is 13.5 Å². The van der Waals surface area contributed by atoms with E-state index < -0.39 is 10.0 Å². The molecule has 2 aromatic carbocycles. The number of benzene rings is 2. The molecule has 0 aliphatic carbocycles.